The minimum Gasteiger partial charge on any atom is -0.306 e. The van der Waals surface area contributed by atoms with Gasteiger partial charge in [-0.15, -0.1) is 0 Å². The first kappa shape index (κ1) is 16.6. The van der Waals surface area contributed by atoms with Crippen LogP contribution in [-0.2, 0) is 6.42 Å². The second kappa shape index (κ2) is 7.98. The lowest BCUT2D eigenvalue weighted by Crippen LogP contribution is -2.47. The van der Waals surface area contributed by atoms with Gasteiger partial charge in [0.15, 0.2) is 0 Å². The van der Waals surface area contributed by atoms with Gasteiger partial charge in [0.2, 0.25) is 0 Å². The highest BCUT2D eigenvalue weighted by atomic mass is 15.1. The maximum atomic E-state index is 9.31. The van der Waals surface area contributed by atoms with Crippen LogP contribution < -0.4 is 5.32 Å². The minimum atomic E-state index is -0.451. The highest BCUT2D eigenvalue weighted by Crippen LogP contribution is 2.10. The molecule has 1 rings (SSSR count). The predicted molar refractivity (Wildman–Crippen MR) is 82.3 cm³/mol. The fourth-order valence-corrected chi connectivity index (χ4v) is 2.18. The van der Waals surface area contributed by atoms with E-state index in [9.17, 15) is 5.26 Å². The van der Waals surface area contributed by atoms with Crippen LogP contribution in [0, 0.1) is 11.3 Å². The molecule has 0 bridgehead atoms. The molecule has 0 spiro atoms. The Morgan fingerprint density at radius 1 is 1.40 bits per heavy atom. The third-order valence-electron chi connectivity index (χ3n) is 3.32. The highest BCUT2D eigenvalue weighted by molar-refractivity contribution is 5.05. The van der Waals surface area contributed by atoms with Gasteiger partial charge in [-0.05, 0) is 46.4 Å². The maximum absolute atomic E-state index is 9.31. The summed E-state index contributed by atoms with van der Waals surface area (Å²) in [7, 11) is 2.09. The summed E-state index contributed by atoms with van der Waals surface area (Å²) in [5.74, 6) is 0. The quantitative estimate of drug-likeness (QED) is 0.790. The van der Waals surface area contributed by atoms with Crippen molar-refractivity contribution in [2.45, 2.75) is 45.2 Å². The molecular formula is C16H26N4. The van der Waals surface area contributed by atoms with E-state index in [0.717, 1.165) is 31.6 Å². The number of nitrogens with one attached hydrogen (secondary N) is 1. The molecular weight excluding hydrogens is 248 g/mol. The summed E-state index contributed by atoms with van der Waals surface area (Å²) >= 11 is 0. The first-order chi connectivity index (χ1) is 9.45. The summed E-state index contributed by atoms with van der Waals surface area (Å²) < 4.78 is 0. The molecule has 0 aliphatic rings. The van der Waals surface area contributed by atoms with Crippen molar-refractivity contribution in [1.82, 2.24) is 15.2 Å². The van der Waals surface area contributed by atoms with E-state index in [-0.39, 0.29) is 0 Å². The van der Waals surface area contributed by atoms with Crippen LogP contribution in [0.15, 0.2) is 24.4 Å². The Morgan fingerprint density at radius 2 is 2.15 bits per heavy atom. The van der Waals surface area contributed by atoms with Crippen molar-refractivity contribution in [3.63, 3.8) is 0 Å². The summed E-state index contributed by atoms with van der Waals surface area (Å²) in [5, 5.41) is 12.6. The van der Waals surface area contributed by atoms with Crippen LogP contribution in [-0.4, -0.2) is 41.6 Å². The zero-order chi connectivity index (χ0) is 15.0. The van der Waals surface area contributed by atoms with Gasteiger partial charge in [0.1, 0.15) is 5.54 Å². The lowest BCUT2D eigenvalue weighted by atomic mass is 9.98. The number of hydrogen-bond acceptors (Lipinski definition) is 4. The molecule has 0 fully saturated rings. The molecule has 0 amide bonds. The molecule has 1 aromatic rings. The fraction of sp³-hybridized carbons (Fsp3) is 0.625. The number of likely N-dealkylation sites (N-methyl/N-ethyl adjacent to an activating group) is 1. The average Bonchev–Trinajstić information content (AvgIpc) is 2.43. The van der Waals surface area contributed by atoms with Gasteiger partial charge < -0.3 is 4.90 Å². The Balaban J connectivity index is 2.35. The van der Waals surface area contributed by atoms with Crippen molar-refractivity contribution < 1.29 is 0 Å². The number of nitrogens with zero attached hydrogens (tertiary/aromatic N) is 3. The Kier molecular flexibility index (Phi) is 6.63. The SMILES string of the molecule is CC(C)NC(C)(C#N)CCN(C)CCc1ccccn1. The van der Waals surface area contributed by atoms with E-state index in [2.05, 4.69) is 42.2 Å². The van der Waals surface area contributed by atoms with Crippen molar-refractivity contribution in [1.29, 1.82) is 5.26 Å². The Hall–Kier alpha value is -1.44. The third kappa shape index (κ3) is 6.14. The summed E-state index contributed by atoms with van der Waals surface area (Å²) in [6.45, 7) is 7.97. The molecule has 0 radical (unpaired) electrons. The van der Waals surface area contributed by atoms with Crippen LogP contribution in [0.25, 0.3) is 0 Å². The van der Waals surface area contributed by atoms with Crippen LogP contribution in [0.1, 0.15) is 32.9 Å². The van der Waals surface area contributed by atoms with Crippen LogP contribution >= 0.6 is 0 Å². The second-order valence-corrected chi connectivity index (χ2v) is 5.87. The van der Waals surface area contributed by atoms with E-state index in [4.69, 9.17) is 0 Å². The van der Waals surface area contributed by atoms with Gasteiger partial charge in [-0.25, -0.2) is 0 Å². The van der Waals surface area contributed by atoms with E-state index in [1.807, 2.05) is 31.3 Å². The largest absolute Gasteiger partial charge is 0.306 e. The Labute approximate surface area is 122 Å². The maximum Gasteiger partial charge on any atom is 0.105 e. The lowest BCUT2D eigenvalue weighted by molar-refractivity contribution is 0.282. The zero-order valence-electron chi connectivity index (χ0n) is 13.1. The van der Waals surface area contributed by atoms with Crippen LogP contribution in [0.4, 0.5) is 0 Å². The predicted octanol–water partition coefficient (Wildman–Crippen LogP) is 2.23. The average molecular weight is 274 g/mol. The molecule has 4 nitrogen and oxygen atoms in total. The molecule has 0 saturated heterocycles. The molecule has 1 atom stereocenters. The number of nitriles is 1. The molecule has 1 unspecified atom stereocenters. The fourth-order valence-electron chi connectivity index (χ4n) is 2.18. The van der Waals surface area contributed by atoms with Crippen LogP contribution in [0.2, 0.25) is 0 Å². The molecule has 1 heterocycles. The van der Waals surface area contributed by atoms with Gasteiger partial charge in [-0.1, -0.05) is 6.07 Å². The molecule has 20 heavy (non-hydrogen) atoms. The summed E-state index contributed by atoms with van der Waals surface area (Å²) in [5.41, 5.74) is 0.663. The van der Waals surface area contributed by atoms with Crippen molar-refractivity contribution in [3.8, 4) is 6.07 Å². The summed E-state index contributed by atoms with van der Waals surface area (Å²) in [4.78, 5) is 6.58. The monoisotopic (exact) mass is 274 g/mol. The van der Waals surface area contributed by atoms with Crippen molar-refractivity contribution in [2.75, 3.05) is 20.1 Å². The minimum absolute atomic E-state index is 0.318. The Bertz CT molecular complexity index is 424. The smallest absolute Gasteiger partial charge is 0.105 e. The number of rotatable bonds is 8. The van der Waals surface area contributed by atoms with Crippen molar-refractivity contribution in [3.05, 3.63) is 30.1 Å². The molecule has 4 heteroatoms. The zero-order valence-corrected chi connectivity index (χ0v) is 13.1. The second-order valence-electron chi connectivity index (χ2n) is 5.87. The molecule has 0 aliphatic carbocycles. The highest BCUT2D eigenvalue weighted by Gasteiger charge is 2.24. The van der Waals surface area contributed by atoms with E-state index in [1.165, 1.54) is 0 Å². The number of pyridine rings is 1. The van der Waals surface area contributed by atoms with Gasteiger partial charge in [0.25, 0.3) is 0 Å². The van der Waals surface area contributed by atoms with Crippen LogP contribution in [0.5, 0.6) is 0 Å². The molecule has 110 valence electrons. The number of hydrogen-bond donors (Lipinski definition) is 1. The van der Waals surface area contributed by atoms with Gasteiger partial charge >= 0.3 is 0 Å². The molecule has 0 aliphatic heterocycles. The first-order valence-electron chi connectivity index (χ1n) is 7.22. The molecule has 0 saturated carbocycles. The molecule has 1 aromatic heterocycles. The number of aromatic nitrogens is 1. The lowest BCUT2D eigenvalue weighted by Gasteiger charge is -2.28. The normalized spacial score (nSPS) is 14.2. The van der Waals surface area contributed by atoms with Crippen LogP contribution in [0.3, 0.4) is 0 Å². The summed E-state index contributed by atoms with van der Waals surface area (Å²) in [6, 6.07) is 8.71. The van der Waals surface area contributed by atoms with Gasteiger partial charge in [0.05, 0.1) is 6.07 Å². The topological polar surface area (TPSA) is 52.0 Å². The van der Waals surface area contributed by atoms with Gasteiger partial charge in [0, 0.05) is 37.4 Å². The van der Waals surface area contributed by atoms with E-state index < -0.39 is 5.54 Å². The third-order valence-corrected chi connectivity index (χ3v) is 3.32. The van der Waals surface area contributed by atoms with Gasteiger partial charge in [-0.3, -0.25) is 10.3 Å². The van der Waals surface area contributed by atoms with Gasteiger partial charge in [-0.2, -0.15) is 5.26 Å². The van der Waals surface area contributed by atoms with Crippen molar-refractivity contribution in [2.24, 2.45) is 0 Å². The molecule has 0 aromatic carbocycles. The Morgan fingerprint density at radius 3 is 2.70 bits per heavy atom. The van der Waals surface area contributed by atoms with E-state index in [1.54, 1.807) is 0 Å². The van der Waals surface area contributed by atoms with E-state index in [0.29, 0.717) is 6.04 Å². The van der Waals surface area contributed by atoms with E-state index >= 15 is 0 Å². The van der Waals surface area contributed by atoms with Crippen molar-refractivity contribution >= 4 is 0 Å². The standard InChI is InChI=1S/C16H26N4/c1-14(2)19-16(3,13-17)9-12-20(4)11-8-15-7-5-6-10-18-15/h5-7,10,14,19H,8-9,11-12H2,1-4H3. The first-order valence-corrected chi connectivity index (χ1v) is 7.22. The molecule has 1 N–H and O–H groups in total. The summed E-state index contributed by atoms with van der Waals surface area (Å²) in [6.07, 6.45) is 3.59.